The number of rotatable bonds is 16. The van der Waals surface area contributed by atoms with Crippen molar-refractivity contribution in [1.29, 1.82) is 0 Å². The first kappa shape index (κ1) is 28.0. The van der Waals surface area contributed by atoms with Crippen LogP contribution in [0.4, 0.5) is 0 Å². The molecule has 1 saturated carbocycles. The van der Waals surface area contributed by atoms with Gasteiger partial charge in [0.05, 0.1) is 43.8 Å². The molecule has 4 rings (SSSR count). The van der Waals surface area contributed by atoms with Gasteiger partial charge in [0.1, 0.15) is 6.61 Å². The van der Waals surface area contributed by atoms with E-state index >= 15 is 0 Å². The molecule has 0 aromatic heterocycles. The zero-order valence-electron chi connectivity index (χ0n) is 22.9. The molecule has 0 radical (unpaired) electrons. The number of unbranched alkanes of at least 4 members (excludes halogenated alkanes) is 3. The van der Waals surface area contributed by atoms with Gasteiger partial charge in [0.15, 0.2) is 11.5 Å². The van der Waals surface area contributed by atoms with Crippen LogP contribution in [-0.4, -0.2) is 55.7 Å². The lowest BCUT2D eigenvalue weighted by Gasteiger charge is -2.19. The second-order valence-electron chi connectivity index (χ2n) is 10.4. The Labute approximate surface area is 225 Å². The SMILES string of the molecule is CCCCOc1cc(C(=O)OCCN2C(=O)[C@@H]3[C@H](C2=O)[C@H]2C=C[C@@H]3C2)cc(OCCCC)c1OCCCC. The number of amides is 2. The Balaban J connectivity index is 1.44. The second-order valence-corrected chi connectivity index (χ2v) is 10.4. The first-order chi connectivity index (χ1) is 18.5. The fourth-order valence-electron chi connectivity index (χ4n) is 5.52. The molecule has 2 fully saturated rings. The van der Waals surface area contributed by atoms with E-state index in [1.54, 1.807) is 12.1 Å². The standard InChI is InChI=1S/C30H41NO7/c1-4-7-13-35-23-18-22(19-24(36-14-8-5-2)27(23)37-15-9-6-3)30(34)38-16-12-31-28(32)25-20-10-11-21(17-20)26(25)29(31)33/h10-11,18-21,25-26H,4-9,12-17H2,1-3H3/t20-,21+,25+,26-. The van der Waals surface area contributed by atoms with Crippen LogP contribution in [0, 0.1) is 23.7 Å². The van der Waals surface area contributed by atoms with Crippen LogP contribution in [0.1, 0.15) is 76.1 Å². The van der Waals surface area contributed by atoms with Gasteiger partial charge in [0.2, 0.25) is 17.6 Å². The van der Waals surface area contributed by atoms with E-state index in [4.69, 9.17) is 18.9 Å². The molecule has 208 valence electrons. The van der Waals surface area contributed by atoms with Crippen LogP contribution in [0.25, 0.3) is 0 Å². The highest BCUT2D eigenvalue weighted by Crippen LogP contribution is 2.52. The molecule has 4 atom stereocenters. The van der Waals surface area contributed by atoms with E-state index in [1.165, 1.54) is 4.90 Å². The highest BCUT2D eigenvalue weighted by molar-refractivity contribution is 6.06. The smallest absolute Gasteiger partial charge is 0.338 e. The Morgan fingerprint density at radius 2 is 1.29 bits per heavy atom. The number of fused-ring (bicyclic) bond motifs is 5. The van der Waals surface area contributed by atoms with Gasteiger partial charge >= 0.3 is 5.97 Å². The lowest BCUT2D eigenvalue weighted by atomic mass is 9.85. The van der Waals surface area contributed by atoms with Crippen molar-refractivity contribution in [3.8, 4) is 17.2 Å². The Morgan fingerprint density at radius 3 is 1.79 bits per heavy atom. The minimum atomic E-state index is -0.563. The zero-order chi connectivity index (χ0) is 27.1. The second kappa shape index (κ2) is 13.2. The third-order valence-electron chi connectivity index (χ3n) is 7.62. The Morgan fingerprint density at radius 1 is 0.789 bits per heavy atom. The van der Waals surface area contributed by atoms with Gasteiger partial charge in [-0.1, -0.05) is 52.2 Å². The van der Waals surface area contributed by atoms with E-state index in [0.29, 0.717) is 37.1 Å². The number of likely N-dealkylation sites (tertiary alicyclic amines) is 1. The summed E-state index contributed by atoms with van der Waals surface area (Å²) in [5, 5.41) is 0. The average Bonchev–Trinajstić information content (AvgIpc) is 3.60. The van der Waals surface area contributed by atoms with Crippen molar-refractivity contribution in [3.63, 3.8) is 0 Å². The molecule has 1 aromatic rings. The molecule has 2 amide bonds. The summed E-state index contributed by atoms with van der Waals surface area (Å²) in [7, 11) is 0. The van der Waals surface area contributed by atoms with Gasteiger partial charge in [-0.3, -0.25) is 14.5 Å². The van der Waals surface area contributed by atoms with Crippen LogP contribution in [0.3, 0.4) is 0 Å². The van der Waals surface area contributed by atoms with Gasteiger partial charge in [-0.15, -0.1) is 0 Å². The number of imide groups is 1. The molecular formula is C30H41NO7. The van der Waals surface area contributed by atoms with Crippen molar-refractivity contribution in [2.24, 2.45) is 23.7 Å². The largest absolute Gasteiger partial charge is 0.490 e. The van der Waals surface area contributed by atoms with Gasteiger partial charge in [-0.25, -0.2) is 4.79 Å². The van der Waals surface area contributed by atoms with Gasteiger partial charge in [-0.2, -0.15) is 0 Å². The molecular weight excluding hydrogens is 486 g/mol. The monoisotopic (exact) mass is 527 g/mol. The molecule has 1 heterocycles. The molecule has 2 aliphatic carbocycles. The van der Waals surface area contributed by atoms with E-state index in [9.17, 15) is 14.4 Å². The first-order valence-electron chi connectivity index (χ1n) is 14.3. The highest BCUT2D eigenvalue weighted by Gasteiger charge is 2.59. The third-order valence-corrected chi connectivity index (χ3v) is 7.62. The molecule has 1 saturated heterocycles. The number of allylic oxidation sites excluding steroid dienone is 2. The minimum Gasteiger partial charge on any atom is -0.490 e. The van der Waals surface area contributed by atoms with Crippen molar-refractivity contribution in [1.82, 2.24) is 4.90 Å². The van der Waals surface area contributed by atoms with Gasteiger partial charge in [-0.05, 0) is 49.7 Å². The van der Waals surface area contributed by atoms with E-state index in [-0.39, 0.29) is 54.2 Å². The molecule has 0 unspecified atom stereocenters. The lowest BCUT2D eigenvalue weighted by molar-refractivity contribution is -0.141. The fraction of sp³-hybridized carbons (Fsp3) is 0.633. The number of carbonyl (C=O) groups excluding carboxylic acids is 3. The van der Waals surface area contributed by atoms with E-state index in [0.717, 1.165) is 44.9 Å². The number of benzene rings is 1. The van der Waals surface area contributed by atoms with Crippen molar-refractivity contribution in [2.75, 3.05) is 33.0 Å². The molecule has 8 heteroatoms. The summed E-state index contributed by atoms with van der Waals surface area (Å²) in [6, 6.07) is 3.26. The minimum absolute atomic E-state index is 0.0633. The van der Waals surface area contributed by atoms with Crippen LogP contribution >= 0.6 is 0 Å². The quantitative estimate of drug-likeness (QED) is 0.126. The molecule has 0 N–H and O–H groups in total. The van der Waals surface area contributed by atoms with Crippen molar-refractivity contribution in [2.45, 2.75) is 65.7 Å². The summed E-state index contributed by atoms with van der Waals surface area (Å²) in [4.78, 5) is 40.1. The maximum atomic E-state index is 13.1. The molecule has 1 aromatic carbocycles. The van der Waals surface area contributed by atoms with Crippen molar-refractivity contribution >= 4 is 17.8 Å². The number of hydrogen-bond donors (Lipinski definition) is 0. The first-order valence-corrected chi connectivity index (χ1v) is 14.3. The fourth-order valence-corrected chi connectivity index (χ4v) is 5.52. The van der Waals surface area contributed by atoms with Gasteiger partial charge < -0.3 is 18.9 Å². The number of nitrogens with zero attached hydrogens (tertiary/aromatic N) is 1. The lowest BCUT2D eigenvalue weighted by Crippen LogP contribution is -2.36. The van der Waals surface area contributed by atoms with E-state index in [1.807, 2.05) is 0 Å². The van der Waals surface area contributed by atoms with E-state index < -0.39 is 5.97 Å². The number of hydrogen-bond acceptors (Lipinski definition) is 7. The molecule has 38 heavy (non-hydrogen) atoms. The Hall–Kier alpha value is -3.03. The summed E-state index contributed by atoms with van der Waals surface area (Å²) in [5.74, 6) is 0.385. The van der Waals surface area contributed by atoms with E-state index in [2.05, 4.69) is 32.9 Å². The Kier molecular flexibility index (Phi) is 9.69. The summed E-state index contributed by atoms with van der Waals surface area (Å²) < 4.78 is 23.6. The molecule has 1 aliphatic heterocycles. The summed E-state index contributed by atoms with van der Waals surface area (Å²) >= 11 is 0. The summed E-state index contributed by atoms with van der Waals surface area (Å²) in [6.45, 7) is 7.76. The van der Waals surface area contributed by atoms with Crippen molar-refractivity contribution < 1.29 is 33.3 Å². The normalized spacial score (nSPS) is 23.2. The third kappa shape index (κ3) is 6.00. The van der Waals surface area contributed by atoms with Gasteiger partial charge in [0.25, 0.3) is 0 Å². The molecule has 0 spiro atoms. The van der Waals surface area contributed by atoms with Gasteiger partial charge in [0, 0.05) is 0 Å². The number of ether oxygens (including phenoxy) is 4. The summed E-state index contributed by atoms with van der Waals surface area (Å²) in [6.07, 6.45) is 10.6. The molecule has 8 nitrogen and oxygen atoms in total. The topological polar surface area (TPSA) is 91.4 Å². The number of carbonyl (C=O) groups is 3. The molecule has 2 bridgehead atoms. The van der Waals surface area contributed by atoms with Crippen LogP contribution in [-0.2, 0) is 14.3 Å². The van der Waals surface area contributed by atoms with Crippen LogP contribution in [0.5, 0.6) is 17.2 Å². The summed E-state index contributed by atoms with van der Waals surface area (Å²) in [5.41, 5.74) is 0.282. The predicted molar refractivity (Wildman–Crippen MR) is 142 cm³/mol. The zero-order valence-corrected chi connectivity index (χ0v) is 22.9. The maximum absolute atomic E-state index is 13.1. The Bertz CT molecular complexity index is 974. The van der Waals surface area contributed by atoms with Crippen LogP contribution in [0.15, 0.2) is 24.3 Å². The maximum Gasteiger partial charge on any atom is 0.338 e. The predicted octanol–water partition coefficient (Wildman–Crippen LogP) is 5.19. The average molecular weight is 528 g/mol. The highest BCUT2D eigenvalue weighted by atomic mass is 16.5. The van der Waals surface area contributed by atoms with Crippen molar-refractivity contribution in [3.05, 3.63) is 29.8 Å². The molecule has 3 aliphatic rings. The van der Waals surface area contributed by atoms with Crippen LogP contribution in [0.2, 0.25) is 0 Å². The number of esters is 1. The van der Waals surface area contributed by atoms with Crippen LogP contribution < -0.4 is 14.2 Å².